The van der Waals surface area contributed by atoms with Crippen molar-refractivity contribution in [3.05, 3.63) is 71.8 Å². The van der Waals surface area contributed by atoms with Crippen molar-refractivity contribution < 1.29 is 9.59 Å². The predicted molar refractivity (Wildman–Crippen MR) is 81.7 cm³/mol. The van der Waals surface area contributed by atoms with Gasteiger partial charge in [-0.2, -0.15) is 0 Å². The summed E-state index contributed by atoms with van der Waals surface area (Å²) in [4.78, 5) is 23.3. The Kier molecular flexibility index (Phi) is 5.10. The lowest BCUT2D eigenvalue weighted by molar-refractivity contribution is 0.104. The van der Waals surface area contributed by atoms with Crippen LogP contribution < -0.4 is 0 Å². The van der Waals surface area contributed by atoms with Gasteiger partial charge in [0, 0.05) is 11.1 Å². The Morgan fingerprint density at radius 3 is 1.43 bits per heavy atom. The molecule has 0 aliphatic heterocycles. The van der Waals surface area contributed by atoms with Crippen molar-refractivity contribution >= 4 is 11.6 Å². The summed E-state index contributed by atoms with van der Waals surface area (Å²) in [5, 5.41) is 0. The molecular formula is C19H12O2. The molecule has 2 nitrogen and oxygen atoms in total. The summed E-state index contributed by atoms with van der Waals surface area (Å²) in [6, 6.07) is 17.7. The summed E-state index contributed by atoms with van der Waals surface area (Å²) < 4.78 is 0. The fraction of sp³-hybridized carbons (Fsp3) is 0.0526. The molecule has 0 spiro atoms. The number of benzene rings is 2. The van der Waals surface area contributed by atoms with Crippen molar-refractivity contribution in [2.24, 2.45) is 0 Å². The van der Waals surface area contributed by atoms with Gasteiger partial charge in [0.1, 0.15) is 0 Å². The Balaban J connectivity index is 1.92. The quantitative estimate of drug-likeness (QED) is 0.478. The third-order valence-electron chi connectivity index (χ3n) is 2.65. The van der Waals surface area contributed by atoms with Gasteiger partial charge in [0.2, 0.25) is 11.6 Å². The first-order valence-electron chi connectivity index (χ1n) is 6.44. The average molecular weight is 272 g/mol. The van der Waals surface area contributed by atoms with Gasteiger partial charge in [0.05, 0.1) is 6.42 Å². The molecule has 0 saturated carbocycles. The van der Waals surface area contributed by atoms with Crippen molar-refractivity contribution in [1.82, 2.24) is 0 Å². The maximum absolute atomic E-state index is 11.7. The van der Waals surface area contributed by atoms with Crippen LogP contribution in [0.4, 0.5) is 0 Å². The van der Waals surface area contributed by atoms with E-state index in [-0.39, 0.29) is 18.0 Å². The second kappa shape index (κ2) is 7.48. The molecule has 0 aliphatic carbocycles. The highest BCUT2D eigenvalue weighted by Crippen LogP contribution is 1.99. The smallest absolute Gasteiger partial charge is 0.235 e. The topological polar surface area (TPSA) is 34.1 Å². The van der Waals surface area contributed by atoms with Gasteiger partial charge in [-0.25, -0.2) is 0 Å². The summed E-state index contributed by atoms with van der Waals surface area (Å²) in [5.41, 5.74) is 1.11. The maximum Gasteiger partial charge on any atom is 0.235 e. The van der Waals surface area contributed by atoms with Crippen LogP contribution in [-0.4, -0.2) is 11.6 Å². The van der Waals surface area contributed by atoms with Crippen LogP contribution in [0.15, 0.2) is 60.7 Å². The Morgan fingerprint density at radius 2 is 1.05 bits per heavy atom. The maximum atomic E-state index is 11.7. The molecule has 0 bridgehead atoms. The molecule has 0 saturated heterocycles. The van der Waals surface area contributed by atoms with E-state index in [1.807, 2.05) is 12.1 Å². The van der Waals surface area contributed by atoms with E-state index in [9.17, 15) is 9.59 Å². The van der Waals surface area contributed by atoms with Gasteiger partial charge in [-0.15, -0.1) is 0 Å². The molecule has 0 fully saturated rings. The Labute approximate surface area is 123 Å². The molecule has 0 heterocycles. The van der Waals surface area contributed by atoms with Gasteiger partial charge >= 0.3 is 0 Å². The average Bonchev–Trinajstić information content (AvgIpc) is 2.55. The molecule has 0 aliphatic rings. The molecule has 21 heavy (non-hydrogen) atoms. The third kappa shape index (κ3) is 4.49. The molecule has 2 heteroatoms. The lowest BCUT2D eigenvalue weighted by Gasteiger charge is -1.90. The third-order valence-corrected chi connectivity index (χ3v) is 2.65. The highest BCUT2D eigenvalue weighted by atomic mass is 16.1. The van der Waals surface area contributed by atoms with Crippen LogP contribution in [-0.2, 0) is 0 Å². The van der Waals surface area contributed by atoms with E-state index in [1.165, 1.54) is 0 Å². The second-order valence-electron chi connectivity index (χ2n) is 4.17. The van der Waals surface area contributed by atoms with E-state index in [0.717, 1.165) is 0 Å². The van der Waals surface area contributed by atoms with Gasteiger partial charge in [0.25, 0.3) is 0 Å². The largest absolute Gasteiger partial charge is 0.279 e. The van der Waals surface area contributed by atoms with E-state index in [0.29, 0.717) is 11.1 Å². The van der Waals surface area contributed by atoms with Crippen LogP contribution in [0.1, 0.15) is 27.1 Å². The van der Waals surface area contributed by atoms with Gasteiger partial charge in [-0.1, -0.05) is 72.5 Å². The number of carbonyl (C=O) groups is 2. The zero-order chi connectivity index (χ0) is 14.9. The van der Waals surface area contributed by atoms with Gasteiger partial charge < -0.3 is 0 Å². The Bertz CT molecular complexity index is 684. The van der Waals surface area contributed by atoms with Gasteiger partial charge in [-0.3, -0.25) is 9.59 Å². The van der Waals surface area contributed by atoms with Crippen LogP contribution in [0.25, 0.3) is 0 Å². The first-order valence-corrected chi connectivity index (χ1v) is 6.44. The van der Waals surface area contributed by atoms with Crippen LogP contribution in [0, 0.1) is 23.7 Å². The molecule has 0 amide bonds. The lowest BCUT2D eigenvalue weighted by atomic mass is 10.1. The van der Waals surface area contributed by atoms with Gasteiger partial charge in [-0.05, 0) is 11.8 Å². The van der Waals surface area contributed by atoms with E-state index in [4.69, 9.17) is 0 Å². The van der Waals surface area contributed by atoms with E-state index >= 15 is 0 Å². The first-order chi connectivity index (χ1) is 10.3. The van der Waals surface area contributed by atoms with Crippen molar-refractivity contribution in [2.45, 2.75) is 6.42 Å². The number of Topliss-reactive ketones (excluding diaryl/α,β-unsaturated/α-hetero) is 2. The molecule has 2 aromatic rings. The van der Waals surface area contributed by atoms with Crippen LogP contribution >= 0.6 is 0 Å². The minimum absolute atomic E-state index is 0.192. The summed E-state index contributed by atoms with van der Waals surface area (Å²) in [6.45, 7) is 0. The standard InChI is InChI=1S/C19H12O2/c20-18(16-10-4-1-5-11-16)14-8-3-9-15-19(21)17-12-6-2-7-13-17/h1-2,4-7,10-13H,3H2. The summed E-state index contributed by atoms with van der Waals surface area (Å²) in [7, 11) is 0. The minimum atomic E-state index is -0.244. The van der Waals surface area contributed by atoms with Crippen LogP contribution in [0.5, 0.6) is 0 Å². The number of hydrogen-bond acceptors (Lipinski definition) is 2. The summed E-state index contributed by atoms with van der Waals surface area (Å²) >= 11 is 0. The van der Waals surface area contributed by atoms with Crippen molar-refractivity contribution in [3.63, 3.8) is 0 Å². The van der Waals surface area contributed by atoms with Crippen molar-refractivity contribution in [2.75, 3.05) is 0 Å². The van der Waals surface area contributed by atoms with E-state index in [1.54, 1.807) is 48.5 Å². The Hall–Kier alpha value is -3.10. The number of rotatable bonds is 2. The van der Waals surface area contributed by atoms with Crippen molar-refractivity contribution in [1.29, 1.82) is 0 Å². The van der Waals surface area contributed by atoms with Crippen molar-refractivity contribution in [3.8, 4) is 23.7 Å². The summed E-state index contributed by atoms with van der Waals surface area (Å²) in [5.74, 6) is 9.86. The van der Waals surface area contributed by atoms with Crippen LogP contribution in [0.2, 0.25) is 0 Å². The fourth-order valence-corrected chi connectivity index (χ4v) is 1.62. The summed E-state index contributed by atoms with van der Waals surface area (Å²) in [6.07, 6.45) is 0.192. The number of ketones is 2. The molecule has 2 rings (SSSR count). The molecular weight excluding hydrogens is 260 g/mol. The normalized spacial score (nSPS) is 8.76. The highest BCUT2D eigenvalue weighted by Gasteiger charge is 1.99. The highest BCUT2D eigenvalue weighted by molar-refractivity contribution is 6.09. The molecule has 0 radical (unpaired) electrons. The minimum Gasteiger partial charge on any atom is -0.279 e. The van der Waals surface area contributed by atoms with E-state index in [2.05, 4.69) is 23.7 Å². The van der Waals surface area contributed by atoms with E-state index < -0.39 is 0 Å². The SMILES string of the molecule is O=C(C#CCC#CC(=O)c1ccccc1)c1ccccc1. The molecule has 2 aromatic carbocycles. The molecule has 100 valence electrons. The number of hydrogen-bond donors (Lipinski definition) is 0. The molecule has 0 N–H and O–H groups in total. The Morgan fingerprint density at radius 1 is 0.667 bits per heavy atom. The predicted octanol–water partition coefficient (Wildman–Crippen LogP) is 3.15. The molecule has 0 aromatic heterocycles. The molecule has 0 unspecified atom stereocenters. The van der Waals surface area contributed by atoms with Gasteiger partial charge in [0.15, 0.2) is 0 Å². The van der Waals surface area contributed by atoms with Crippen LogP contribution in [0.3, 0.4) is 0 Å². The second-order valence-corrected chi connectivity index (χ2v) is 4.17. The monoisotopic (exact) mass is 272 g/mol. The fourth-order valence-electron chi connectivity index (χ4n) is 1.62. The molecule has 0 atom stereocenters. The zero-order valence-corrected chi connectivity index (χ0v) is 11.3. The lowest BCUT2D eigenvalue weighted by Crippen LogP contribution is -1.94. The number of carbonyl (C=O) groups excluding carboxylic acids is 2. The zero-order valence-electron chi connectivity index (χ0n) is 11.3. The first kappa shape index (κ1) is 14.3.